The molecule has 0 spiro atoms. The third-order valence-electron chi connectivity index (χ3n) is 5.53. The molecule has 1 atom stereocenters. The first kappa shape index (κ1) is 21.2. The molecule has 0 amide bonds. The SMILES string of the molecule is CCCCCCc1cc2c(-c3ccc(C(C)CC)cc3)cccc2[cH-]1.[Zr]. The molecule has 136 valence electrons. The van der Waals surface area contributed by atoms with Crippen LogP contribution in [-0.4, -0.2) is 0 Å². The quantitative estimate of drug-likeness (QED) is 0.256. The van der Waals surface area contributed by atoms with Crippen molar-refractivity contribution in [3.63, 3.8) is 0 Å². The first-order chi connectivity index (χ1) is 12.2. The van der Waals surface area contributed by atoms with Gasteiger partial charge >= 0.3 is 0 Å². The van der Waals surface area contributed by atoms with Gasteiger partial charge in [-0.3, -0.25) is 0 Å². The number of rotatable bonds is 8. The van der Waals surface area contributed by atoms with Gasteiger partial charge in [0.05, 0.1) is 0 Å². The van der Waals surface area contributed by atoms with Gasteiger partial charge < -0.3 is 0 Å². The summed E-state index contributed by atoms with van der Waals surface area (Å²) in [5, 5.41) is 2.79. The fraction of sp³-hybridized carbons (Fsp3) is 0.400. The molecule has 0 fully saturated rings. The molecule has 0 heterocycles. The van der Waals surface area contributed by atoms with Crippen LogP contribution in [0.15, 0.2) is 54.6 Å². The van der Waals surface area contributed by atoms with Crippen molar-refractivity contribution in [2.45, 2.75) is 65.2 Å². The zero-order valence-corrected chi connectivity index (χ0v) is 19.0. The number of aryl methyl sites for hydroxylation is 1. The van der Waals surface area contributed by atoms with E-state index in [1.54, 1.807) is 0 Å². The smallest absolute Gasteiger partial charge is 0 e. The van der Waals surface area contributed by atoms with Gasteiger partial charge in [-0.05, 0) is 29.9 Å². The van der Waals surface area contributed by atoms with Gasteiger partial charge in [-0.25, -0.2) is 0 Å². The van der Waals surface area contributed by atoms with E-state index in [1.807, 2.05) is 0 Å². The van der Waals surface area contributed by atoms with Gasteiger partial charge in [-0.15, -0.1) is 34.5 Å². The fourth-order valence-electron chi connectivity index (χ4n) is 3.68. The molecule has 3 rings (SSSR count). The van der Waals surface area contributed by atoms with Crippen molar-refractivity contribution in [2.24, 2.45) is 0 Å². The van der Waals surface area contributed by atoms with Crippen LogP contribution >= 0.6 is 0 Å². The molecule has 0 bridgehead atoms. The molecule has 3 aromatic carbocycles. The molecule has 26 heavy (non-hydrogen) atoms. The Morgan fingerprint density at radius 2 is 1.69 bits per heavy atom. The van der Waals surface area contributed by atoms with E-state index in [0.29, 0.717) is 5.92 Å². The Hall–Kier alpha value is -1.07. The van der Waals surface area contributed by atoms with Gasteiger partial charge in [0.2, 0.25) is 0 Å². The maximum Gasteiger partial charge on any atom is 0 e. The molecule has 0 saturated heterocycles. The van der Waals surface area contributed by atoms with Crippen LogP contribution in [0.4, 0.5) is 0 Å². The second-order valence-corrected chi connectivity index (χ2v) is 7.41. The fourth-order valence-corrected chi connectivity index (χ4v) is 3.68. The second-order valence-electron chi connectivity index (χ2n) is 7.41. The molecular weight excluding hydrogens is 391 g/mol. The summed E-state index contributed by atoms with van der Waals surface area (Å²) in [5.74, 6) is 0.637. The number of fused-ring (bicyclic) bond motifs is 1. The largest absolute Gasteiger partial charge is 0.164 e. The average molecular weight is 423 g/mol. The van der Waals surface area contributed by atoms with E-state index in [9.17, 15) is 0 Å². The second kappa shape index (κ2) is 10.3. The topological polar surface area (TPSA) is 0 Å². The van der Waals surface area contributed by atoms with Gasteiger partial charge in [0.1, 0.15) is 0 Å². The Morgan fingerprint density at radius 1 is 0.923 bits per heavy atom. The maximum atomic E-state index is 2.42. The minimum atomic E-state index is 0. The molecular formula is C25H31Zr-. The Morgan fingerprint density at radius 3 is 2.38 bits per heavy atom. The van der Waals surface area contributed by atoms with Crippen LogP contribution in [0.3, 0.4) is 0 Å². The van der Waals surface area contributed by atoms with Gasteiger partial charge in [0.15, 0.2) is 0 Å². The Kier molecular flexibility index (Phi) is 8.42. The molecule has 0 nitrogen and oxygen atoms in total. The van der Waals surface area contributed by atoms with Crippen molar-refractivity contribution < 1.29 is 26.2 Å². The van der Waals surface area contributed by atoms with Crippen LogP contribution in [0, 0.1) is 0 Å². The molecule has 0 saturated carbocycles. The van der Waals surface area contributed by atoms with Crippen molar-refractivity contribution in [3.8, 4) is 11.1 Å². The van der Waals surface area contributed by atoms with Crippen molar-refractivity contribution in [3.05, 3.63) is 65.7 Å². The van der Waals surface area contributed by atoms with Crippen molar-refractivity contribution in [1.29, 1.82) is 0 Å². The molecule has 3 aromatic rings. The van der Waals surface area contributed by atoms with Gasteiger partial charge in [0, 0.05) is 26.2 Å². The van der Waals surface area contributed by atoms with Crippen molar-refractivity contribution in [1.82, 2.24) is 0 Å². The summed E-state index contributed by atoms with van der Waals surface area (Å²) in [4.78, 5) is 0. The molecule has 0 N–H and O–H groups in total. The first-order valence-corrected chi connectivity index (χ1v) is 10.0. The minimum absolute atomic E-state index is 0. The normalized spacial score (nSPS) is 12.1. The predicted molar refractivity (Wildman–Crippen MR) is 112 cm³/mol. The van der Waals surface area contributed by atoms with Crippen LogP contribution in [0.2, 0.25) is 0 Å². The average Bonchev–Trinajstić information content (AvgIpc) is 3.07. The van der Waals surface area contributed by atoms with Gasteiger partial charge in [0.25, 0.3) is 0 Å². The summed E-state index contributed by atoms with van der Waals surface area (Å²) >= 11 is 0. The monoisotopic (exact) mass is 421 g/mol. The van der Waals surface area contributed by atoms with Crippen LogP contribution in [0.5, 0.6) is 0 Å². The zero-order valence-electron chi connectivity index (χ0n) is 16.5. The zero-order chi connectivity index (χ0) is 17.6. The molecule has 0 aliphatic heterocycles. The Labute approximate surface area is 178 Å². The van der Waals surface area contributed by atoms with E-state index >= 15 is 0 Å². The third-order valence-corrected chi connectivity index (χ3v) is 5.53. The summed E-state index contributed by atoms with van der Waals surface area (Å²) in [6.45, 7) is 6.83. The summed E-state index contributed by atoms with van der Waals surface area (Å²) in [6, 6.07) is 20.7. The summed E-state index contributed by atoms with van der Waals surface area (Å²) < 4.78 is 0. The minimum Gasteiger partial charge on any atom is -0.164 e. The molecule has 1 heteroatoms. The molecule has 0 aliphatic rings. The number of unbranched alkanes of at least 4 members (excludes halogenated alkanes) is 3. The molecule has 0 aromatic heterocycles. The van der Waals surface area contributed by atoms with E-state index in [2.05, 4.69) is 75.4 Å². The van der Waals surface area contributed by atoms with E-state index in [-0.39, 0.29) is 26.2 Å². The number of hydrogen-bond donors (Lipinski definition) is 0. The Balaban J connectivity index is 0.00000243. The Bertz CT molecular complexity index is 795. The van der Waals surface area contributed by atoms with Crippen molar-refractivity contribution >= 4 is 10.8 Å². The van der Waals surface area contributed by atoms with Crippen molar-refractivity contribution in [2.75, 3.05) is 0 Å². The summed E-state index contributed by atoms with van der Waals surface area (Å²) in [7, 11) is 0. The van der Waals surface area contributed by atoms with Crippen LogP contribution in [0.25, 0.3) is 21.9 Å². The number of benzene rings is 2. The summed E-state index contributed by atoms with van der Waals surface area (Å²) in [6.07, 6.45) is 7.72. The van der Waals surface area contributed by atoms with Crippen LogP contribution in [-0.2, 0) is 32.6 Å². The van der Waals surface area contributed by atoms with Gasteiger partial charge in [-0.2, -0.15) is 6.07 Å². The molecule has 0 radical (unpaired) electrons. The third kappa shape index (κ3) is 5.01. The maximum absolute atomic E-state index is 2.42. The van der Waals surface area contributed by atoms with Crippen LogP contribution < -0.4 is 0 Å². The summed E-state index contributed by atoms with van der Waals surface area (Å²) in [5.41, 5.74) is 5.64. The predicted octanol–water partition coefficient (Wildman–Crippen LogP) is 7.86. The molecule has 1 unspecified atom stereocenters. The van der Waals surface area contributed by atoms with E-state index in [0.717, 1.165) is 0 Å². The van der Waals surface area contributed by atoms with E-state index < -0.39 is 0 Å². The van der Waals surface area contributed by atoms with E-state index in [1.165, 1.54) is 71.6 Å². The first-order valence-electron chi connectivity index (χ1n) is 10.0. The van der Waals surface area contributed by atoms with E-state index in [4.69, 9.17) is 0 Å². The standard InChI is InChI=1S/C25H31.Zr/c1-4-6-7-8-10-20-17-23-11-9-12-24(25(23)18-20)22-15-13-21(14-16-22)19(3)5-2;/h9,11-19H,4-8,10H2,1-3H3;/q-1;. The van der Waals surface area contributed by atoms with Gasteiger partial charge in [-0.1, -0.05) is 82.3 Å². The van der Waals surface area contributed by atoms with Crippen LogP contribution in [0.1, 0.15) is 69.9 Å². The number of hydrogen-bond acceptors (Lipinski definition) is 0. The molecule has 0 aliphatic carbocycles.